The lowest BCUT2D eigenvalue weighted by molar-refractivity contribution is 0.0679. The van der Waals surface area contributed by atoms with Crippen molar-refractivity contribution in [1.29, 1.82) is 0 Å². The Kier molecular flexibility index (Phi) is 36.7. The second kappa shape index (κ2) is 41.7. The van der Waals surface area contributed by atoms with Gasteiger partial charge in [0.05, 0.1) is 60.9 Å². The van der Waals surface area contributed by atoms with E-state index in [0.29, 0.717) is 13.2 Å². The van der Waals surface area contributed by atoms with Crippen molar-refractivity contribution in [2.24, 2.45) is 0 Å². The molecule has 86 heavy (non-hydrogen) atoms. The quantitative estimate of drug-likeness (QED) is 0.0205. The molecule has 0 aliphatic carbocycles. The molecule has 5 rings (SSSR count). The van der Waals surface area contributed by atoms with Gasteiger partial charge < -0.3 is 49.2 Å². The van der Waals surface area contributed by atoms with Crippen LogP contribution in [0.5, 0.6) is 28.7 Å². The van der Waals surface area contributed by atoms with Gasteiger partial charge in [-0.2, -0.15) is 22.0 Å². The molecule has 0 aliphatic rings. The molecule has 0 saturated heterocycles. The highest BCUT2D eigenvalue weighted by atomic mass is 19.2. The maximum absolute atomic E-state index is 13.5. The second-order valence-corrected chi connectivity index (χ2v) is 18.3. The first-order valence-corrected chi connectivity index (χ1v) is 27.6. The van der Waals surface area contributed by atoms with E-state index in [0.717, 1.165) is 144 Å². The molecule has 0 aliphatic heterocycles. The van der Waals surface area contributed by atoms with E-state index in [1.165, 1.54) is 19.3 Å². The first-order chi connectivity index (χ1) is 40.9. The third-order valence-electron chi connectivity index (χ3n) is 11.7. The van der Waals surface area contributed by atoms with Crippen molar-refractivity contribution in [3.8, 4) is 28.7 Å². The smallest absolute Gasteiger partial charge is 0.338 e. The largest absolute Gasteiger partial charge is 0.491 e. The van der Waals surface area contributed by atoms with Gasteiger partial charge in [0, 0.05) is 0 Å². The van der Waals surface area contributed by atoms with Crippen LogP contribution in [0.3, 0.4) is 0 Å². The zero-order chi connectivity index (χ0) is 64.9. The minimum absolute atomic E-state index is 0.183. The molecule has 476 valence electrons. The molecule has 0 radical (unpaired) electrons. The van der Waals surface area contributed by atoms with Crippen LogP contribution in [0, 0.1) is 58.2 Å². The van der Waals surface area contributed by atoms with E-state index in [4.69, 9.17) is 49.2 Å². The average molecular weight is 1240 g/mol. The van der Waals surface area contributed by atoms with E-state index in [1.54, 1.807) is 6.92 Å². The number of rotatable bonds is 31. The highest BCUT2D eigenvalue weighted by molar-refractivity contribution is 5.90. The molecule has 5 N–H and O–H groups in total. The van der Waals surface area contributed by atoms with Crippen LogP contribution in [-0.2, 0) is 0 Å². The van der Waals surface area contributed by atoms with Gasteiger partial charge in [-0.15, -0.1) is 0 Å². The van der Waals surface area contributed by atoms with Gasteiger partial charge in [0.1, 0.15) is 0 Å². The first-order valence-electron chi connectivity index (χ1n) is 27.6. The number of hydrogen-bond acceptors (Lipinski definition) is 10. The lowest BCUT2D eigenvalue weighted by atomic mass is 10.1. The van der Waals surface area contributed by atoms with Crippen LogP contribution in [-0.4, -0.2) is 88.4 Å². The predicted octanol–water partition coefficient (Wildman–Crippen LogP) is 16.6. The summed E-state index contributed by atoms with van der Waals surface area (Å²) in [5.74, 6) is -21.9. The van der Waals surface area contributed by atoms with Crippen LogP contribution in [0.15, 0.2) is 60.7 Å². The number of benzene rings is 5. The highest BCUT2D eigenvalue weighted by Gasteiger charge is 2.23. The summed E-state index contributed by atoms with van der Waals surface area (Å²) in [4.78, 5) is 52.7. The van der Waals surface area contributed by atoms with Crippen LogP contribution < -0.4 is 23.7 Å². The molecule has 0 aromatic heterocycles. The summed E-state index contributed by atoms with van der Waals surface area (Å²) in [6, 6.07) is 10.6. The Hall–Kier alpha value is -8.25. The van der Waals surface area contributed by atoms with Crippen LogP contribution in [0.1, 0.15) is 189 Å². The van der Waals surface area contributed by atoms with E-state index >= 15 is 0 Å². The average Bonchev–Trinajstić information content (AvgIpc) is 2.72. The number of carbonyl (C=O) groups is 5. The number of ether oxygens (including phenoxy) is 5. The van der Waals surface area contributed by atoms with Crippen molar-refractivity contribution < 1.29 is 117 Å². The van der Waals surface area contributed by atoms with E-state index in [2.05, 4.69) is 13.8 Å². The van der Waals surface area contributed by atoms with Gasteiger partial charge in [-0.1, -0.05) is 105 Å². The SMILES string of the molecule is CCCCCCCCOc1ccc(C(=O)O)c(F)c1F.CCCCCCCOc1ccc(C(=O)O)c(F)c1F.CCCCCOc1ccc(C(=O)O)c(F)c1F.CCCCOc1ccc(C(=O)O)c(F)c1F.CCOc1ccc(C(=O)O)c(F)c1F. The second-order valence-electron chi connectivity index (χ2n) is 18.3. The molecule has 25 heteroatoms. The molecule has 0 saturated carbocycles. The van der Waals surface area contributed by atoms with E-state index in [-0.39, 0.29) is 48.6 Å². The molecule has 5 aromatic rings. The van der Waals surface area contributed by atoms with Crippen molar-refractivity contribution in [2.45, 2.75) is 137 Å². The van der Waals surface area contributed by atoms with Gasteiger partial charge in [0.15, 0.2) is 57.8 Å². The Bertz CT molecular complexity index is 2940. The molecule has 5 aromatic carbocycles. The van der Waals surface area contributed by atoms with Gasteiger partial charge in [0.25, 0.3) is 0 Å². The summed E-state index contributed by atoms with van der Waals surface area (Å²) < 4.78 is 158. The van der Waals surface area contributed by atoms with Crippen molar-refractivity contribution in [2.75, 3.05) is 33.0 Å². The number of hydrogen-bond donors (Lipinski definition) is 5. The van der Waals surface area contributed by atoms with Crippen molar-refractivity contribution in [3.05, 3.63) is 147 Å². The lowest BCUT2D eigenvalue weighted by Crippen LogP contribution is -2.06. The fourth-order valence-corrected chi connectivity index (χ4v) is 7.01. The number of carboxylic acid groups (broad SMARTS) is 5. The minimum atomic E-state index is -1.51. The molecule has 0 atom stereocenters. The summed E-state index contributed by atoms with van der Waals surface area (Å²) in [7, 11) is 0. The lowest BCUT2D eigenvalue weighted by Gasteiger charge is -2.08. The summed E-state index contributed by atoms with van der Waals surface area (Å²) in [5, 5.41) is 42.9. The third-order valence-corrected chi connectivity index (χ3v) is 11.7. The van der Waals surface area contributed by atoms with Gasteiger partial charge in [-0.3, -0.25) is 0 Å². The number of carboxylic acids is 5. The van der Waals surface area contributed by atoms with Crippen LogP contribution in [0.4, 0.5) is 43.9 Å². The normalized spacial score (nSPS) is 10.3. The van der Waals surface area contributed by atoms with Crippen molar-refractivity contribution >= 4 is 29.8 Å². The fraction of sp³-hybridized carbons (Fsp3) is 0.426. The maximum atomic E-state index is 13.5. The molecule has 0 amide bonds. The Balaban J connectivity index is 0.000000540. The topological polar surface area (TPSA) is 233 Å². The van der Waals surface area contributed by atoms with Crippen molar-refractivity contribution in [3.63, 3.8) is 0 Å². The summed E-state index contributed by atoms with van der Waals surface area (Å²) >= 11 is 0. The predicted molar refractivity (Wildman–Crippen MR) is 296 cm³/mol. The molecule has 0 fully saturated rings. The summed E-state index contributed by atoms with van der Waals surface area (Å²) in [5.41, 5.74) is -3.46. The Morgan fingerprint density at radius 1 is 0.267 bits per heavy atom. The van der Waals surface area contributed by atoms with E-state index in [9.17, 15) is 67.9 Å². The number of unbranched alkanes of at least 4 members (excludes halogenated alkanes) is 12. The third kappa shape index (κ3) is 25.9. The summed E-state index contributed by atoms with van der Waals surface area (Å²) in [6.07, 6.45) is 15.8. The molecular weight excluding hydrogens is 1160 g/mol. The van der Waals surface area contributed by atoms with Crippen LogP contribution in [0.2, 0.25) is 0 Å². The first kappa shape index (κ1) is 75.8. The Morgan fingerprint density at radius 2 is 0.453 bits per heavy atom. The van der Waals surface area contributed by atoms with Gasteiger partial charge >= 0.3 is 29.8 Å². The van der Waals surface area contributed by atoms with E-state index in [1.807, 2.05) is 13.8 Å². The van der Waals surface area contributed by atoms with Crippen molar-refractivity contribution in [1.82, 2.24) is 0 Å². The van der Waals surface area contributed by atoms with E-state index < -0.39 is 116 Å². The van der Waals surface area contributed by atoms with Gasteiger partial charge in [0.2, 0.25) is 29.1 Å². The van der Waals surface area contributed by atoms with Crippen LogP contribution >= 0.6 is 0 Å². The minimum Gasteiger partial charge on any atom is -0.491 e. The molecule has 0 heterocycles. The van der Waals surface area contributed by atoms with Gasteiger partial charge in [-0.05, 0) is 93.3 Å². The molecule has 0 bridgehead atoms. The van der Waals surface area contributed by atoms with Gasteiger partial charge in [-0.25, -0.2) is 45.9 Å². The standard InChI is InChI=1S/C15H20F2O3.C14H18F2O3.C12H14F2O3.C11H12F2O3.C9H8F2O3/c1-2-3-4-5-6-7-10-20-12-9-8-11(15(18)19)13(16)14(12)17;1-2-3-4-5-6-9-19-11-8-7-10(14(17)18)12(15)13(11)16;1-2-3-4-7-17-9-6-5-8(12(15)16)10(13)11(9)14;1-2-3-6-16-8-5-4-7(11(14)15)9(12)10(8)13;1-2-14-6-4-3-5(9(12)13)7(10)8(6)11/h8-9H,2-7,10H2,1H3,(H,18,19);7-8H,2-6,9H2,1H3,(H,17,18);5-6H,2-4,7H2,1H3,(H,15,16);4-5H,2-3,6H2,1H3,(H,14,15);3-4H,2H2,1H3,(H,12,13). The fourth-order valence-electron chi connectivity index (χ4n) is 7.01. The molecule has 0 spiro atoms. The number of aromatic carboxylic acids is 5. The maximum Gasteiger partial charge on any atom is 0.338 e. The monoisotopic (exact) mass is 1230 g/mol. The molecule has 0 unspecified atom stereocenters. The zero-order valence-corrected chi connectivity index (χ0v) is 48.2. The molecular formula is C61H72F10O15. The molecule has 15 nitrogen and oxygen atoms in total. The number of halogens is 10. The summed E-state index contributed by atoms with van der Waals surface area (Å²) in [6.45, 7) is 11.2. The Labute approximate surface area is 491 Å². The highest BCUT2D eigenvalue weighted by Crippen LogP contribution is 2.28. The zero-order valence-electron chi connectivity index (χ0n) is 48.2. The Morgan fingerprint density at radius 3 is 0.674 bits per heavy atom. The van der Waals surface area contributed by atoms with Crippen LogP contribution in [0.25, 0.3) is 0 Å².